The summed E-state index contributed by atoms with van der Waals surface area (Å²) < 4.78 is 35.9. The molecule has 1 heterocycles. The molecule has 0 saturated carbocycles. The molecule has 2 amide bonds. The number of ether oxygens (including phenoxy) is 2. The minimum Gasteiger partial charge on any atom is -0.496 e. The quantitative estimate of drug-likeness (QED) is 0.354. The van der Waals surface area contributed by atoms with E-state index in [1.807, 2.05) is 24.3 Å². The van der Waals surface area contributed by atoms with Gasteiger partial charge in [-0.15, -0.1) is 11.3 Å². The van der Waals surface area contributed by atoms with Gasteiger partial charge >= 0.3 is 12.1 Å². The Kier molecular flexibility index (Phi) is 8.26. The van der Waals surface area contributed by atoms with E-state index in [0.29, 0.717) is 18.7 Å². The highest BCUT2D eigenvalue weighted by Gasteiger charge is 2.43. The van der Waals surface area contributed by atoms with Gasteiger partial charge in [0.1, 0.15) is 16.4 Å². The highest BCUT2D eigenvalue weighted by atomic mass is 35.5. The Labute approximate surface area is 207 Å². The van der Waals surface area contributed by atoms with Crippen molar-refractivity contribution in [3.8, 4) is 11.5 Å². The van der Waals surface area contributed by atoms with Gasteiger partial charge < -0.3 is 25.2 Å². The SMILES string of the molecule is COc1ccccc1CCNC(=O)c1sccc1NC(=O)c1ccc(OC(F)(F)C(=O)O)c(Cl)c1. The second kappa shape index (κ2) is 11.2. The molecule has 0 aliphatic rings. The molecule has 0 bridgehead atoms. The number of hydrogen-bond donors (Lipinski definition) is 3. The Hall–Kier alpha value is -3.70. The van der Waals surface area contributed by atoms with Crippen LogP contribution in [0, 0.1) is 0 Å². The summed E-state index contributed by atoms with van der Waals surface area (Å²) in [6.45, 7) is 0.336. The lowest BCUT2D eigenvalue weighted by Gasteiger charge is -2.15. The third-order valence-electron chi connectivity index (χ3n) is 4.67. The van der Waals surface area contributed by atoms with Crippen LogP contribution in [0.4, 0.5) is 14.5 Å². The maximum atomic E-state index is 13.3. The third kappa shape index (κ3) is 6.46. The Morgan fingerprint density at radius 2 is 1.83 bits per heavy atom. The normalized spacial score (nSPS) is 11.0. The van der Waals surface area contributed by atoms with Crippen LogP contribution < -0.4 is 20.1 Å². The van der Waals surface area contributed by atoms with Gasteiger partial charge in [0, 0.05) is 12.1 Å². The summed E-state index contributed by atoms with van der Waals surface area (Å²) in [6, 6.07) is 12.1. The van der Waals surface area contributed by atoms with Gasteiger partial charge in [0.15, 0.2) is 0 Å². The Bertz CT molecular complexity index is 1250. The molecule has 35 heavy (non-hydrogen) atoms. The average molecular weight is 525 g/mol. The van der Waals surface area contributed by atoms with Gasteiger partial charge in [-0.1, -0.05) is 29.8 Å². The van der Waals surface area contributed by atoms with Gasteiger partial charge in [0.05, 0.1) is 17.8 Å². The minimum atomic E-state index is -4.49. The minimum absolute atomic E-state index is 0.0188. The van der Waals surface area contributed by atoms with Crippen LogP contribution in [0.1, 0.15) is 25.6 Å². The number of carboxylic acids is 1. The number of nitrogens with one attached hydrogen (secondary N) is 2. The summed E-state index contributed by atoms with van der Waals surface area (Å²) in [5.41, 5.74) is 1.17. The van der Waals surface area contributed by atoms with E-state index < -0.39 is 28.8 Å². The van der Waals surface area contributed by atoms with Gasteiger partial charge in [-0.05, 0) is 47.7 Å². The molecule has 0 saturated heterocycles. The fourth-order valence-electron chi connectivity index (χ4n) is 2.99. The first-order valence-electron chi connectivity index (χ1n) is 10.0. The molecule has 0 aliphatic heterocycles. The molecule has 2 aromatic carbocycles. The van der Waals surface area contributed by atoms with E-state index in [4.69, 9.17) is 21.4 Å². The van der Waals surface area contributed by atoms with Crippen molar-refractivity contribution < 1.29 is 37.7 Å². The predicted octanol–water partition coefficient (Wildman–Crippen LogP) is 4.69. The highest BCUT2D eigenvalue weighted by Crippen LogP contribution is 2.31. The number of alkyl halides is 2. The summed E-state index contributed by atoms with van der Waals surface area (Å²) in [7, 11) is 1.57. The number of carboxylic acid groups (broad SMARTS) is 1. The second-order valence-corrected chi connectivity index (χ2v) is 8.33. The molecule has 0 fully saturated rings. The van der Waals surface area contributed by atoms with E-state index in [1.165, 1.54) is 0 Å². The smallest absolute Gasteiger partial charge is 0.496 e. The van der Waals surface area contributed by atoms with Crippen molar-refractivity contribution in [1.29, 1.82) is 0 Å². The molecular weight excluding hydrogens is 506 g/mol. The molecule has 0 unspecified atom stereocenters. The van der Waals surface area contributed by atoms with E-state index >= 15 is 0 Å². The molecule has 0 radical (unpaired) electrons. The number of para-hydroxylation sites is 1. The van der Waals surface area contributed by atoms with Crippen LogP contribution in [0.5, 0.6) is 11.5 Å². The van der Waals surface area contributed by atoms with E-state index in [0.717, 1.165) is 35.1 Å². The van der Waals surface area contributed by atoms with Crippen molar-refractivity contribution in [1.82, 2.24) is 5.32 Å². The molecule has 184 valence electrons. The molecule has 0 aliphatic carbocycles. The first-order valence-corrected chi connectivity index (χ1v) is 11.3. The van der Waals surface area contributed by atoms with Crippen LogP contribution >= 0.6 is 22.9 Å². The maximum Gasteiger partial charge on any atom is 0.501 e. The summed E-state index contributed by atoms with van der Waals surface area (Å²) in [5, 5.41) is 15.1. The standard InChI is InChI=1S/C23H19ClF2N2O6S/c1-33-17-5-3-2-4-13(17)8-10-27-21(30)19-16(9-11-35-19)28-20(29)14-6-7-18(15(24)12-14)34-23(25,26)22(31)32/h2-7,9,11-12H,8,10H2,1H3,(H,27,30)(H,28,29)(H,31,32). The molecule has 1 aromatic heterocycles. The van der Waals surface area contributed by atoms with Crippen LogP contribution in [0.25, 0.3) is 0 Å². The number of carbonyl (C=O) groups excluding carboxylic acids is 2. The lowest BCUT2D eigenvalue weighted by atomic mass is 10.1. The topological polar surface area (TPSA) is 114 Å². The summed E-state index contributed by atoms with van der Waals surface area (Å²) in [5.74, 6) is -3.43. The van der Waals surface area contributed by atoms with Crippen LogP contribution in [-0.2, 0) is 11.2 Å². The van der Waals surface area contributed by atoms with E-state index in [-0.39, 0.29) is 22.0 Å². The van der Waals surface area contributed by atoms with Crippen molar-refractivity contribution in [2.75, 3.05) is 19.0 Å². The number of aliphatic carboxylic acids is 1. The van der Waals surface area contributed by atoms with Crippen LogP contribution in [0.3, 0.4) is 0 Å². The molecule has 3 rings (SSSR count). The first kappa shape index (κ1) is 25.9. The van der Waals surface area contributed by atoms with Crippen molar-refractivity contribution in [2.24, 2.45) is 0 Å². The molecule has 12 heteroatoms. The highest BCUT2D eigenvalue weighted by molar-refractivity contribution is 7.12. The lowest BCUT2D eigenvalue weighted by Crippen LogP contribution is -2.34. The number of halogens is 3. The van der Waals surface area contributed by atoms with Gasteiger partial charge in [-0.2, -0.15) is 8.78 Å². The number of amides is 2. The number of thiophene rings is 1. The monoisotopic (exact) mass is 524 g/mol. The van der Waals surface area contributed by atoms with E-state index in [9.17, 15) is 23.2 Å². The molecule has 0 atom stereocenters. The van der Waals surface area contributed by atoms with Crippen LogP contribution in [-0.4, -0.2) is 42.7 Å². The fraction of sp³-hybridized carbons (Fsp3) is 0.174. The van der Waals surface area contributed by atoms with Crippen molar-refractivity contribution in [3.05, 3.63) is 74.9 Å². The Balaban J connectivity index is 1.63. The molecular formula is C23H19ClF2N2O6S. The third-order valence-corrected chi connectivity index (χ3v) is 5.88. The fourth-order valence-corrected chi connectivity index (χ4v) is 3.97. The van der Waals surface area contributed by atoms with Gasteiger partial charge in [0.2, 0.25) is 0 Å². The van der Waals surface area contributed by atoms with Crippen molar-refractivity contribution >= 4 is 46.4 Å². The van der Waals surface area contributed by atoms with Crippen molar-refractivity contribution in [3.63, 3.8) is 0 Å². The number of hydrogen-bond acceptors (Lipinski definition) is 6. The molecule has 3 aromatic rings. The number of methoxy groups -OCH3 is 1. The number of rotatable bonds is 10. The summed E-state index contributed by atoms with van der Waals surface area (Å²) in [6.07, 6.45) is -3.95. The maximum absolute atomic E-state index is 13.3. The zero-order valence-corrected chi connectivity index (χ0v) is 19.7. The first-order chi connectivity index (χ1) is 16.6. The van der Waals surface area contributed by atoms with E-state index in [2.05, 4.69) is 15.4 Å². The van der Waals surface area contributed by atoms with Crippen LogP contribution in [0.15, 0.2) is 53.9 Å². The van der Waals surface area contributed by atoms with E-state index in [1.54, 1.807) is 18.6 Å². The zero-order valence-electron chi connectivity index (χ0n) is 18.1. The van der Waals surface area contributed by atoms with Crippen LogP contribution in [0.2, 0.25) is 5.02 Å². The molecule has 3 N–H and O–H groups in total. The van der Waals surface area contributed by atoms with Gasteiger partial charge in [-0.25, -0.2) is 4.79 Å². The van der Waals surface area contributed by atoms with Gasteiger partial charge in [-0.3, -0.25) is 9.59 Å². The molecule has 0 spiro atoms. The van der Waals surface area contributed by atoms with Crippen molar-refractivity contribution in [2.45, 2.75) is 12.5 Å². The number of carbonyl (C=O) groups is 3. The average Bonchev–Trinajstić information content (AvgIpc) is 3.28. The summed E-state index contributed by atoms with van der Waals surface area (Å²) >= 11 is 7.00. The van der Waals surface area contributed by atoms with Gasteiger partial charge in [0.25, 0.3) is 11.8 Å². The number of anilines is 1. The zero-order chi connectivity index (χ0) is 25.6. The Morgan fingerprint density at radius 3 is 2.51 bits per heavy atom. The number of benzene rings is 2. The lowest BCUT2D eigenvalue weighted by molar-refractivity contribution is -0.210. The largest absolute Gasteiger partial charge is 0.501 e. The summed E-state index contributed by atoms with van der Waals surface area (Å²) in [4.78, 5) is 36.0. The molecule has 8 nitrogen and oxygen atoms in total. The predicted molar refractivity (Wildman–Crippen MR) is 126 cm³/mol. The Morgan fingerprint density at radius 1 is 1.09 bits per heavy atom. The second-order valence-electron chi connectivity index (χ2n) is 7.00.